The van der Waals surface area contributed by atoms with Gasteiger partial charge < -0.3 is 36.6 Å². The highest BCUT2D eigenvalue weighted by Gasteiger charge is 2.44. The number of anilines is 1. The summed E-state index contributed by atoms with van der Waals surface area (Å²) >= 11 is 2.83. The summed E-state index contributed by atoms with van der Waals surface area (Å²) in [7, 11) is -3.53. The molecule has 0 aliphatic carbocycles. The van der Waals surface area contributed by atoms with Crippen LogP contribution in [0, 0.1) is 12.3 Å². The van der Waals surface area contributed by atoms with Crippen LogP contribution in [0.4, 0.5) is 5.13 Å². The zero-order chi connectivity index (χ0) is 58.8. The molecule has 0 radical (unpaired) electrons. The van der Waals surface area contributed by atoms with Crippen molar-refractivity contribution >= 4 is 73.3 Å². The van der Waals surface area contributed by atoms with Gasteiger partial charge in [-0.3, -0.25) is 32.7 Å². The number of nitrogens with zero attached hydrogens (tertiary/aromatic N) is 4. The fourth-order valence-electron chi connectivity index (χ4n) is 9.79. The van der Waals surface area contributed by atoms with Gasteiger partial charge in [-0.2, -0.15) is 0 Å². The monoisotopic (exact) mass is 1180 g/mol. The molecule has 3 aromatic carbocycles. The van der Waals surface area contributed by atoms with Crippen LogP contribution in [0.25, 0.3) is 32.8 Å². The molecule has 0 unspecified atom stereocenters. The van der Waals surface area contributed by atoms with Crippen LogP contribution in [0.1, 0.15) is 138 Å². The molecule has 3 aromatic heterocycles. The maximum absolute atomic E-state index is 14.0. The van der Waals surface area contributed by atoms with Gasteiger partial charge in [-0.05, 0) is 71.2 Å². The zero-order valence-electron chi connectivity index (χ0n) is 47.5. The minimum absolute atomic E-state index is 0.0279. The van der Waals surface area contributed by atoms with Crippen LogP contribution in [0.5, 0.6) is 0 Å². The predicted octanol–water partition coefficient (Wildman–Crippen LogP) is 9.38. The molecule has 3 atom stereocenters. The second-order valence-electron chi connectivity index (χ2n) is 22.2. The zero-order valence-corrected chi connectivity index (χ0v) is 50.0. The van der Waals surface area contributed by atoms with Crippen molar-refractivity contribution < 1.29 is 42.3 Å². The number of aryl methyl sites for hydroxylation is 1. The second-order valence-corrected chi connectivity index (χ2v) is 25.8. The van der Waals surface area contributed by atoms with Gasteiger partial charge in [0, 0.05) is 62.2 Å². The smallest absolute Gasteiger partial charge is 0.253 e. The molecule has 1 fully saturated rings. The number of unbranched alkanes of at least 4 members (excludes halogenated alkanes) is 10. The molecule has 6 N–H and O–H groups in total. The predicted molar refractivity (Wildman–Crippen MR) is 322 cm³/mol. The molecule has 21 heteroatoms. The molecule has 6 aromatic rings. The Balaban J connectivity index is 0.715. The van der Waals surface area contributed by atoms with Crippen LogP contribution in [-0.2, 0) is 47.1 Å². The number of hydrogen-bond donors (Lipinski definition) is 6. The molecule has 7 rings (SSSR count). The van der Waals surface area contributed by atoms with Crippen molar-refractivity contribution in [3.05, 3.63) is 125 Å². The number of aliphatic hydroxyl groups excluding tert-OH is 1. The summed E-state index contributed by atoms with van der Waals surface area (Å²) in [5.41, 5.74) is 8.71. The van der Waals surface area contributed by atoms with Crippen molar-refractivity contribution in [1.29, 1.82) is 0 Å². The van der Waals surface area contributed by atoms with E-state index in [0.717, 1.165) is 125 Å². The van der Waals surface area contributed by atoms with Crippen molar-refractivity contribution in [3.8, 4) is 32.8 Å². The maximum atomic E-state index is 14.0. The number of rotatable bonds is 29. The van der Waals surface area contributed by atoms with Crippen molar-refractivity contribution in [2.24, 2.45) is 5.41 Å². The van der Waals surface area contributed by atoms with Crippen LogP contribution in [0.3, 0.4) is 0 Å². The minimum Gasteiger partial charge on any atom is -0.391 e. The number of β-amino-alcohol motifs (C(OH)–C–C–N with tert-alkyl or cyclic N) is 1. The van der Waals surface area contributed by atoms with Crippen molar-refractivity contribution in [2.45, 2.75) is 149 Å². The fraction of sp³-hybridized carbons (Fsp3) is 0.443. The highest BCUT2D eigenvalue weighted by atomic mass is 32.2. The molecule has 82 heavy (non-hydrogen) atoms. The molecule has 6 amide bonds. The number of carbonyl (C=O) groups is 6. The Kier molecular flexibility index (Phi) is 22.7. The summed E-state index contributed by atoms with van der Waals surface area (Å²) in [4.78, 5) is 89.9. The van der Waals surface area contributed by atoms with Crippen molar-refractivity contribution in [2.75, 3.05) is 24.7 Å². The van der Waals surface area contributed by atoms with Gasteiger partial charge in [0.1, 0.15) is 12.1 Å². The molecular weight excluding hydrogens is 1100 g/mol. The molecule has 0 saturated carbocycles. The van der Waals surface area contributed by atoms with E-state index in [4.69, 9.17) is 0 Å². The minimum atomic E-state index is -3.53. The third kappa shape index (κ3) is 18.7. The van der Waals surface area contributed by atoms with Crippen LogP contribution in [0.15, 0.2) is 102 Å². The maximum Gasteiger partial charge on any atom is 0.253 e. The lowest BCUT2D eigenvalue weighted by Crippen LogP contribution is -2.57. The average molecular weight is 1180 g/mol. The van der Waals surface area contributed by atoms with Gasteiger partial charge in [-0.1, -0.05) is 139 Å². The van der Waals surface area contributed by atoms with Crippen LogP contribution in [-0.4, -0.2) is 105 Å². The number of nitrogens with one attached hydrogen (secondary N) is 5. The first-order valence-electron chi connectivity index (χ1n) is 28.2. The number of likely N-dealkylation sites (tertiary alicyclic amines) is 1. The molecule has 0 bridgehead atoms. The number of thiazole rings is 2. The SMILES string of the molecule is Cc1ncsc1-c1ccc(CNC(=O)[C@@H]2C[C@@H](O)CN2C(=O)[C@@H](NC(=O)CCCCCCCCCCCCCC(=O)NCc2cccc(-c3cccc(-c4csc(NC(=O)CNC(=O)c5ccn(S(C)(=O)=O)c5)n4)c3)c2)C(C)(C)C)cc1. The van der Waals surface area contributed by atoms with Gasteiger partial charge in [-0.25, -0.2) is 18.4 Å². The Morgan fingerprint density at radius 1 is 0.720 bits per heavy atom. The number of benzene rings is 3. The molecule has 18 nitrogen and oxygen atoms in total. The Morgan fingerprint density at radius 2 is 1.34 bits per heavy atom. The molecule has 438 valence electrons. The topological polar surface area (TPSA) is 251 Å². The van der Waals surface area contributed by atoms with Crippen LogP contribution in [0.2, 0.25) is 0 Å². The lowest BCUT2D eigenvalue weighted by atomic mass is 9.85. The number of amides is 6. The Morgan fingerprint density at radius 3 is 1.98 bits per heavy atom. The van der Waals surface area contributed by atoms with Gasteiger partial charge in [0.2, 0.25) is 39.6 Å². The van der Waals surface area contributed by atoms with Gasteiger partial charge >= 0.3 is 0 Å². The fourth-order valence-corrected chi connectivity index (χ4v) is 11.9. The van der Waals surface area contributed by atoms with Crippen molar-refractivity contribution in [3.63, 3.8) is 0 Å². The summed E-state index contributed by atoms with van der Waals surface area (Å²) in [6.45, 7) is 8.05. The van der Waals surface area contributed by atoms with Crippen molar-refractivity contribution in [1.82, 2.24) is 40.1 Å². The van der Waals surface area contributed by atoms with E-state index in [1.807, 2.05) is 105 Å². The van der Waals surface area contributed by atoms with E-state index < -0.39 is 45.4 Å². The Hall–Kier alpha value is -7.07. The van der Waals surface area contributed by atoms with E-state index in [0.29, 0.717) is 30.2 Å². The number of aliphatic hydroxyl groups is 1. The molecule has 0 spiro atoms. The number of hydrogen-bond acceptors (Lipinski definition) is 13. The summed E-state index contributed by atoms with van der Waals surface area (Å²) in [5.74, 6) is -1.93. The second kappa shape index (κ2) is 29.8. The summed E-state index contributed by atoms with van der Waals surface area (Å²) < 4.78 is 24.3. The summed E-state index contributed by atoms with van der Waals surface area (Å²) in [6.07, 6.45) is 14.8. The van der Waals surface area contributed by atoms with E-state index in [-0.39, 0.29) is 55.2 Å². The van der Waals surface area contributed by atoms with Gasteiger partial charge in [0.25, 0.3) is 5.91 Å². The summed E-state index contributed by atoms with van der Waals surface area (Å²) in [5, 5.41) is 27.0. The van der Waals surface area contributed by atoms with Gasteiger partial charge in [0.05, 0.1) is 46.2 Å². The highest BCUT2D eigenvalue weighted by molar-refractivity contribution is 7.89. The number of aromatic nitrogens is 3. The van der Waals surface area contributed by atoms with Gasteiger partial charge in [-0.15, -0.1) is 22.7 Å². The molecule has 1 saturated heterocycles. The van der Waals surface area contributed by atoms with Gasteiger partial charge in [0.15, 0.2) is 5.13 Å². The highest BCUT2D eigenvalue weighted by Crippen LogP contribution is 2.31. The third-order valence-corrected chi connectivity index (χ3v) is 17.1. The van der Waals surface area contributed by atoms with E-state index >= 15 is 0 Å². The normalized spacial score (nSPS) is 14.7. The third-order valence-electron chi connectivity index (χ3n) is 14.4. The standard InChI is InChI=1S/C61H77N9O9S3/c1-41-55(81-40-65-41)44-27-25-42(26-28-44)34-63-58(76)51-33-49(71)38-70(51)59(77)56(61(2,3)4)67-53(73)24-16-14-12-10-8-6-7-9-11-13-15-23-52(72)62-35-43-19-17-20-45(31-43)46-21-18-22-47(32-46)50-39-80-60(66-50)68-54(74)36-64-57(75)48-29-30-69(37-48)82(5,78)79/h17-22,25-32,37,39-40,49,51,56,71H,6-16,23-24,33-36,38H2,1-5H3,(H,62,72)(H,63,76)(H,64,75)(H,67,73)(H,66,68,74)/t49-,51+,56-/m1/s1. The largest absolute Gasteiger partial charge is 0.391 e. The molecule has 1 aliphatic rings. The first kappa shape index (κ1) is 62.5. The molecule has 1 aliphatic heterocycles. The van der Waals surface area contributed by atoms with E-state index in [1.54, 1.807) is 11.3 Å². The molecule has 4 heterocycles. The van der Waals surface area contributed by atoms with Crippen LogP contribution >= 0.6 is 22.7 Å². The average Bonchev–Trinajstić information content (AvgIpc) is 4.33. The first-order valence-corrected chi connectivity index (χ1v) is 31.8. The number of carbonyl (C=O) groups excluding carboxylic acids is 6. The summed E-state index contributed by atoms with van der Waals surface area (Å²) in [6, 6.07) is 23.5. The van der Waals surface area contributed by atoms with Crippen LogP contribution < -0.4 is 26.6 Å². The molecular formula is C61H77N9O9S3. The van der Waals surface area contributed by atoms with E-state index in [2.05, 4.69) is 42.6 Å². The first-order chi connectivity index (χ1) is 39.2. The Bertz CT molecular complexity index is 3260. The van der Waals surface area contributed by atoms with E-state index in [9.17, 15) is 42.3 Å². The lowest BCUT2D eigenvalue weighted by Gasteiger charge is -2.35. The lowest BCUT2D eigenvalue weighted by molar-refractivity contribution is -0.144. The Labute approximate surface area is 489 Å². The quantitative estimate of drug-likeness (QED) is 0.0241. The van der Waals surface area contributed by atoms with E-state index in [1.165, 1.54) is 34.7 Å².